The Hall–Kier alpha value is -1.48. The summed E-state index contributed by atoms with van der Waals surface area (Å²) < 4.78 is 32.8. The van der Waals surface area contributed by atoms with E-state index in [1.54, 1.807) is 12.1 Å². The summed E-state index contributed by atoms with van der Waals surface area (Å²) in [5.41, 5.74) is 5.80. The van der Waals surface area contributed by atoms with Gasteiger partial charge in [0.15, 0.2) is 0 Å². The van der Waals surface area contributed by atoms with Crippen LogP contribution < -0.4 is 11.1 Å². The molecule has 2 unspecified atom stereocenters. The van der Waals surface area contributed by atoms with Gasteiger partial charge in [-0.05, 0) is 51.0 Å². The number of ether oxygens (including phenoxy) is 1. The second kappa shape index (κ2) is 8.68. The molecule has 0 bridgehead atoms. The summed E-state index contributed by atoms with van der Waals surface area (Å²) in [5, 5.41) is 2.99. The minimum absolute atomic E-state index is 0.152. The van der Waals surface area contributed by atoms with E-state index in [9.17, 15) is 13.2 Å². The fraction of sp³-hybridized carbons (Fsp3) is 0.632. The summed E-state index contributed by atoms with van der Waals surface area (Å²) in [5.74, 6) is -0.248. The van der Waals surface area contributed by atoms with Gasteiger partial charge in [-0.25, -0.2) is 8.42 Å². The molecule has 0 saturated carbocycles. The second-order valence-electron chi connectivity index (χ2n) is 7.25. The van der Waals surface area contributed by atoms with E-state index in [2.05, 4.69) is 5.32 Å². The molecular weight excluding hydrogens is 366 g/mol. The van der Waals surface area contributed by atoms with Crippen LogP contribution in [0.5, 0.6) is 0 Å². The van der Waals surface area contributed by atoms with Crippen LogP contribution in [0.4, 0.5) is 0 Å². The molecule has 1 heterocycles. The minimum Gasteiger partial charge on any atom is -0.373 e. The lowest BCUT2D eigenvalue weighted by atomic mass is 9.92. The molecule has 1 amide bonds. The van der Waals surface area contributed by atoms with Gasteiger partial charge in [-0.1, -0.05) is 13.8 Å². The van der Waals surface area contributed by atoms with Gasteiger partial charge in [-0.2, -0.15) is 4.31 Å². The second-order valence-corrected chi connectivity index (χ2v) is 9.19. The molecule has 0 spiro atoms. The lowest BCUT2D eigenvalue weighted by Crippen LogP contribution is -2.52. The minimum atomic E-state index is -3.62. The van der Waals surface area contributed by atoms with Gasteiger partial charge in [0.1, 0.15) is 0 Å². The summed E-state index contributed by atoms with van der Waals surface area (Å²) in [7, 11) is -3.62. The Morgan fingerprint density at radius 2 is 1.70 bits per heavy atom. The van der Waals surface area contributed by atoms with Crippen LogP contribution in [0.1, 0.15) is 50.9 Å². The van der Waals surface area contributed by atoms with Crippen molar-refractivity contribution in [3.63, 3.8) is 0 Å². The first-order chi connectivity index (χ1) is 12.7. The van der Waals surface area contributed by atoms with Gasteiger partial charge in [-0.15, -0.1) is 0 Å². The van der Waals surface area contributed by atoms with E-state index >= 15 is 0 Å². The Morgan fingerprint density at radius 1 is 1.19 bits per heavy atom. The molecule has 1 aromatic carbocycles. The maximum absolute atomic E-state index is 12.9. The number of nitrogens with two attached hydrogens (primary N) is 1. The van der Waals surface area contributed by atoms with Crippen LogP contribution >= 0.6 is 0 Å². The third-order valence-electron chi connectivity index (χ3n) is 5.26. The first-order valence-corrected chi connectivity index (χ1v) is 10.9. The van der Waals surface area contributed by atoms with E-state index < -0.39 is 15.6 Å². The van der Waals surface area contributed by atoms with Gasteiger partial charge >= 0.3 is 0 Å². The number of hydrogen-bond acceptors (Lipinski definition) is 5. The van der Waals surface area contributed by atoms with Crippen molar-refractivity contribution in [1.82, 2.24) is 9.62 Å². The zero-order chi connectivity index (χ0) is 20.2. The number of rotatable bonds is 7. The van der Waals surface area contributed by atoms with E-state index in [1.807, 2.05) is 27.7 Å². The largest absolute Gasteiger partial charge is 0.373 e. The van der Waals surface area contributed by atoms with Crippen molar-refractivity contribution in [3.8, 4) is 0 Å². The van der Waals surface area contributed by atoms with Crippen molar-refractivity contribution in [2.75, 3.05) is 19.6 Å². The predicted molar refractivity (Wildman–Crippen MR) is 105 cm³/mol. The summed E-state index contributed by atoms with van der Waals surface area (Å²) >= 11 is 0. The summed E-state index contributed by atoms with van der Waals surface area (Å²) in [6.45, 7) is 8.67. The molecule has 0 radical (unpaired) electrons. The average molecular weight is 398 g/mol. The lowest BCUT2D eigenvalue weighted by molar-refractivity contribution is -0.0440. The molecule has 8 heteroatoms. The van der Waals surface area contributed by atoms with Gasteiger partial charge in [0.25, 0.3) is 5.91 Å². The normalized spacial score (nSPS) is 21.8. The standard InChI is InChI=1S/C19H31N3O4S/c1-5-19(6-2,13-20)21-18(23)16-7-9-17(10-8-16)27(24,25)22-11-14(3)26-15(4)12-22/h7-10,14-15H,5-6,11-13,20H2,1-4H3,(H,21,23). The number of hydrogen-bond donors (Lipinski definition) is 2. The summed E-state index contributed by atoms with van der Waals surface area (Å²) in [6.07, 6.45) is 1.15. The lowest BCUT2D eigenvalue weighted by Gasteiger charge is -2.34. The number of nitrogens with zero attached hydrogens (tertiary/aromatic N) is 1. The third-order valence-corrected chi connectivity index (χ3v) is 7.11. The Morgan fingerprint density at radius 3 is 2.15 bits per heavy atom. The number of morpholine rings is 1. The van der Waals surface area contributed by atoms with Gasteiger partial charge < -0.3 is 15.8 Å². The van der Waals surface area contributed by atoms with Crippen LogP contribution in [0.3, 0.4) is 0 Å². The molecule has 2 atom stereocenters. The summed E-state index contributed by atoms with van der Waals surface area (Å²) in [4.78, 5) is 12.7. The van der Waals surface area contributed by atoms with Crippen molar-refractivity contribution in [3.05, 3.63) is 29.8 Å². The number of sulfonamides is 1. The molecule has 1 aromatic rings. The van der Waals surface area contributed by atoms with Crippen molar-refractivity contribution in [1.29, 1.82) is 0 Å². The smallest absolute Gasteiger partial charge is 0.251 e. The Balaban J connectivity index is 2.17. The van der Waals surface area contributed by atoms with E-state index in [-0.39, 0.29) is 23.0 Å². The van der Waals surface area contributed by atoms with E-state index in [0.717, 1.165) is 12.8 Å². The van der Waals surface area contributed by atoms with Gasteiger partial charge in [0, 0.05) is 25.2 Å². The van der Waals surface area contributed by atoms with Crippen molar-refractivity contribution in [2.45, 2.75) is 63.2 Å². The molecule has 0 aromatic heterocycles. The highest BCUT2D eigenvalue weighted by Crippen LogP contribution is 2.22. The number of nitrogens with one attached hydrogen (secondary N) is 1. The van der Waals surface area contributed by atoms with Crippen LogP contribution in [-0.4, -0.2) is 56.0 Å². The number of carbonyl (C=O) groups excluding carboxylic acids is 1. The van der Waals surface area contributed by atoms with Crippen LogP contribution in [0, 0.1) is 0 Å². The van der Waals surface area contributed by atoms with E-state index in [1.165, 1.54) is 16.4 Å². The first-order valence-electron chi connectivity index (χ1n) is 9.45. The van der Waals surface area contributed by atoms with Crippen molar-refractivity contribution < 1.29 is 17.9 Å². The molecular formula is C19H31N3O4S. The van der Waals surface area contributed by atoms with Crippen LogP contribution in [0.2, 0.25) is 0 Å². The monoisotopic (exact) mass is 397 g/mol. The SMILES string of the molecule is CCC(CC)(CN)NC(=O)c1ccc(S(=O)(=O)N2CC(C)OC(C)C2)cc1. The highest BCUT2D eigenvalue weighted by Gasteiger charge is 2.32. The number of carbonyl (C=O) groups is 1. The molecule has 27 heavy (non-hydrogen) atoms. The van der Waals surface area contributed by atoms with Gasteiger partial charge in [-0.3, -0.25) is 4.79 Å². The van der Waals surface area contributed by atoms with E-state index in [4.69, 9.17) is 10.5 Å². The molecule has 3 N–H and O–H groups in total. The Bertz CT molecular complexity index is 726. The molecule has 152 valence electrons. The maximum Gasteiger partial charge on any atom is 0.251 e. The molecule has 7 nitrogen and oxygen atoms in total. The molecule has 1 aliphatic heterocycles. The average Bonchev–Trinajstić information content (AvgIpc) is 2.65. The van der Waals surface area contributed by atoms with E-state index in [0.29, 0.717) is 25.2 Å². The predicted octanol–water partition coefficient (Wildman–Crippen LogP) is 1.73. The van der Waals surface area contributed by atoms with Crippen LogP contribution in [0.25, 0.3) is 0 Å². The third kappa shape index (κ3) is 4.87. The summed E-state index contributed by atoms with van der Waals surface area (Å²) in [6, 6.07) is 6.05. The highest BCUT2D eigenvalue weighted by molar-refractivity contribution is 7.89. The fourth-order valence-corrected chi connectivity index (χ4v) is 4.92. The van der Waals surface area contributed by atoms with Gasteiger partial charge in [0.05, 0.1) is 22.6 Å². The zero-order valence-electron chi connectivity index (χ0n) is 16.6. The Labute approximate surface area is 162 Å². The topological polar surface area (TPSA) is 102 Å². The Kier molecular flexibility index (Phi) is 7.02. The first kappa shape index (κ1) is 21.8. The fourth-order valence-electron chi connectivity index (χ4n) is 3.33. The molecule has 1 fully saturated rings. The van der Waals surface area contributed by atoms with Crippen molar-refractivity contribution in [2.24, 2.45) is 5.73 Å². The molecule has 0 aliphatic carbocycles. The highest BCUT2D eigenvalue weighted by atomic mass is 32.2. The maximum atomic E-state index is 12.9. The molecule has 1 saturated heterocycles. The van der Waals surface area contributed by atoms with Gasteiger partial charge in [0.2, 0.25) is 10.0 Å². The van der Waals surface area contributed by atoms with Crippen LogP contribution in [-0.2, 0) is 14.8 Å². The number of amides is 1. The van der Waals surface area contributed by atoms with Crippen molar-refractivity contribution >= 4 is 15.9 Å². The number of benzene rings is 1. The zero-order valence-corrected chi connectivity index (χ0v) is 17.4. The quantitative estimate of drug-likeness (QED) is 0.730. The molecule has 1 aliphatic rings. The van der Waals surface area contributed by atoms with Crippen LogP contribution in [0.15, 0.2) is 29.2 Å². The molecule has 2 rings (SSSR count).